The Morgan fingerprint density at radius 1 is 0.792 bits per heavy atom. The Balaban J connectivity index is 2.67. The van der Waals surface area contributed by atoms with Gasteiger partial charge in [0, 0.05) is 5.56 Å². The molecule has 130 valence electrons. The fourth-order valence-corrected chi connectivity index (χ4v) is 3.39. The third-order valence-electron chi connectivity index (χ3n) is 4.29. The molecule has 0 spiro atoms. The van der Waals surface area contributed by atoms with Crippen molar-refractivity contribution in [3.63, 3.8) is 0 Å². The predicted molar refractivity (Wildman–Crippen MR) is 100 cm³/mol. The minimum Gasteiger partial charge on any atom is -0.508 e. The first-order valence-corrected chi connectivity index (χ1v) is 8.39. The van der Waals surface area contributed by atoms with E-state index >= 15 is 0 Å². The molecule has 0 fully saturated rings. The second-order valence-corrected chi connectivity index (χ2v) is 8.44. The van der Waals surface area contributed by atoms with Crippen molar-refractivity contribution in [1.29, 1.82) is 0 Å². The zero-order valence-corrected chi connectivity index (χ0v) is 15.6. The Labute approximate surface area is 145 Å². The van der Waals surface area contributed by atoms with Crippen LogP contribution in [0.5, 0.6) is 5.75 Å². The van der Waals surface area contributed by atoms with Crippen molar-refractivity contribution >= 4 is 5.69 Å². The van der Waals surface area contributed by atoms with E-state index in [9.17, 15) is 10.3 Å². The monoisotopic (exact) mass is 327 g/mol. The van der Waals surface area contributed by atoms with Crippen molar-refractivity contribution in [2.75, 3.05) is 5.48 Å². The van der Waals surface area contributed by atoms with E-state index in [1.54, 1.807) is 6.07 Å². The zero-order chi connectivity index (χ0) is 18.1. The number of para-hydroxylation sites is 1. The average molecular weight is 327 g/mol. The maximum Gasteiger partial charge on any atom is 0.119 e. The van der Waals surface area contributed by atoms with Gasteiger partial charge in [0.15, 0.2) is 0 Å². The molecule has 0 saturated heterocycles. The van der Waals surface area contributed by atoms with E-state index in [1.165, 1.54) is 11.1 Å². The van der Waals surface area contributed by atoms with Gasteiger partial charge in [-0.3, -0.25) is 10.7 Å². The Morgan fingerprint density at radius 2 is 1.38 bits per heavy atom. The number of benzene rings is 2. The van der Waals surface area contributed by atoms with Crippen LogP contribution in [0.15, 0.2) is 36.4 Å². The van der Waals surface area contributed by atoms with E-state index in [-0.39, 0.29) is 10.8 Å². The number of nitrogens with one attached hydrogen (secondary N) is 1. The summed E-state index contributed by atoms with van der Waals surface area (Å²) >= 11 is 0. The highest BCUT2D eigenvalue weighted by molar-refractivity contribution is 5.56. The fraction of sp³-hybridized carbons (Fsp3) is 0.429. The van der Waals surface area contributed by atoms with Gasteiger partial charge in [0.2, 0.25) is 0 Å². The van der Waals surface area contributed by atoms with Crippen LogP contribution in [0.3, 0.4) is 0 Å². The van der Waals surface area contributed by atoms with E-state index in [4.69, 9.17) is 0 Å². The summed E-state index contributed by atoms with van der Waals surface area (Å²) in [5.41, 5.74) is 7.12. The first-order valence-electron chi connectivity index (χ1n) is 8.39. The fourth-order valence-electron chi connectivity index (χ4n) is 3.39. The van der Waals surface area contributed by atoms with Gasteiger partial charge in [0.05, 0.1) is 5.69 Å². The van der Waals surface area contributed by atoms with Gasteiger partial charge in [-0.05, 0) is 46.1 Å². The Morgan fingerprint density at radius 3 is 1.92 bits per heavy atom. The normalized spacial score (nSPS) is 12.3. The molecule has 0 aliphatic carbocycles. The van der Waals surface area contributed by atoms with Crippen molar-refractivity contribution < 1.29 is 10.3 Å². The Bertz CT molecular complexity index is 722. The van der Waals surface area contributed by atoms with Crippen molar-refractivity contribution in [3.8, 4) is 5.75 Å². The molecule has 0 amide bonds. The van der Waals surface area contributed by atoms with Crippen LogP contribution in [-0.4, -0.2) is 10.3 Å². The molecular weight excluding hydrogens is 298 g/mol. The topological polar surface area (TPSA) is 52.5 Å². The third-order valence-corrected chi connectivity index (χ3v) is 4.29. The van der Waals surface area contributed by atoms with Crippen LogP contribution >= 0.6 is 0 Å². The van der Waals surface area contributed by atoms with Crippen LogP contribution in [0.25, 0.3) is 0 Å². The minimum absolute atomic E-state index is 0.0989. The SMILES string of the molecule is CC(C)(C)c1c(O)ccc(Cc2ccccc2NO)c1C(C)(C)C. The number of aromatic hydroxyl groups is 1. The number of anilines is 1. The van der Waals surface area contributed by atoms with E-state index in [1.807, 2.05) is 30.3 Å². The Kier molecular flexibility index (Phi) is 4.95. The molecular formula is C21H29NO2. The molecule has 0 bridgehead atoms. The Hall–Kier alpha value is -2.00. The molecule has 0 aromatic heterocycles. The summed E-state index contributed by atoms with van der Waals surface area (Å²) in [6.07, 6.45) is 0.694. The summed E-state index contributed by atoms with van der Waals surface area (Å²) in [5.74, 6) is 0.352. The van der Waals surface area contributed by atoms with Crippen molar-refractivity contribution in [2.45, 2.75) is 58.8 Å². The molecule has 0 heterocycles. The quantitative estimate of drug-likeness (QED) is 0.663. The lowest BCUT2D eigenvalue weighted by Crippen LogP contribution is -2.24. The molecule has 2 aromatic rings. The molecule has 2 rings (SSSR count). The molecule has 3 nitrogen and oxygen atoms in total. The zero-order valence-electron chi connectivity index (χ0n) is 15.6. The van der Waals surface area contributed by atoms with Crippen LogP contribution in [0.2, 0.25) is 0 Å². The highest BCUT2D eigenvalue weighted by Gasteiger charge is 2.30. The van der Waals surface area contributed by atoms with E-state index in [2.05, 4.69) is 47.0 Å². The lowest BCUT2D eigenvalue weighted by atomic mass is 9.72. The van der Waals surface area contributed by atoms with Crippen molar-refractivity contribution in [1.82, 2.24) is 0 Å². The molecule has 0 atom stereocenters. The molecule has 0 unspecified atom stereocenters. The third kappa shape index (κ3) is 3.73. The molecule has 2 aromatic carbocycles. The van der Waals surface area contributed by atoms with Gasteiger partial charge < -0.3 is 5.11 Å². The summed E-state index contributed by atoms with van der Waals surface area (Å²) in [4.78, 5) is 0. The van der Waals surface area contributed by atoms with Crippen LogP contribution in [0, 0.1) is 0 Å². The summed E-state index contributed by atoms with van der Waals surface area (Å²) in [6, 6.07) is 11.5. The van der Waals surface area contributed by atoms with Crippen LogP contribution < -0.4 is 5.48 Å². The first kappa shape index (κ1) is 18.3. The smallest absolute Gasteiger partial charge is 0.119 e. The second kappa shape index (κ2) is 6.48. The van der Waals surface area contributed by atoms with Gasteiger partial charge in [-0.25, -0.2) is 0 Å². The van der Waals surface area contributed by atoms with Gasteiger partial charge in [-0.1, -0.05) is 65.8 Å². The minimum atomic E-state index is -0.155. The standard InChI is InChI=1S/C21H29NO2/c1-20(2,3)18-15(11-12-17(23)19(18)21(4,5)6)13-14-9-7-8-10-16(14)22-24/h7-12,22-24H,13H2,1-6H3. The molecule has 3 heteroatoms. The second-order valence-electron chi connectivity index (χ2n) is 8.44. The maximum atomic E-state index is 10.5. The highest BCUT2D eigenvalue weighted by atomic mass is 16.5. The van der Waals surface area contributed by atoms with Crippen LogP contribution in [-0.2, 0) is 17.3 Å². The molecule has 0 saturated carbocycles. The molecule has 0 radical (unpaired) electrons. The van der Waals surface area contributed by atoms with E-state index in [0.29, 0.717) is 17.9 Å². The molecule has 0 aliphatic heterocycles. The predicted octanol–water partition coefficient (Wildman–Crippen LogP) is 5.38. The van der Waals surface area contributed by atoms with Gasteiger partial charge in [0.1, 0.15) is 5.75 Å². The number of phenolic OH excluding ortho intramolecular Hbond substituents is 1. The highest BCUT2D eigenvalue weighted by Crippen LogP contribution is 2.42. The molecule has 24 heavy (non-hydrogen) atoms. The molecule has 0 aliphatic rings. The maximum absolute atomic E-state index is 10.5. The number of hydrogen-bond donors (Lipinski definition) is 3. The number of rotatable bonds is 3. The van der Waals surface area contributed by atoms with E-state index in [0.717, 1.165) is 11.1 Å². The van der Waals surface area contributed by atoms with Gasteiger partial charge in [0.25, 0.3) is 0 Å². The summed E-state index contributed by atoms with van der Waals surface area (Å²) in [7, 11) is 0. The average Bonchev–Trinajstić information content (AvgIpc) is 2.47. The lowest BCUT2D eigenvalue weighted by molar-refractivity contribution is 0.388. The first-order chi connectivity index (χ1) is 11.1. The van der Waals surface area contributed by atoms with E-state index < -0.39 is 0 Å². The summed E-state index contributed by atoms with van der Waals surface area (Å²) in [5, 5.41) is 19.9. The number of hydrogen-bond acceptors (Lipinski definition) is 3. The summed E-state index contributed by atoms with van der Waals surface area (Å²) in [6.45, 7) is 12.9. The van der Waals surface area contributed by atoms with Crippen LogP contribution in [0.1, 0.15) is 63.8 Å². The van der Waals surface area contributed by atoms with Gasteiger partial charge in [-0.2, -0.15) is 0 Å². The van der Waals surface area contributed by atoms with Crippen molar-refractivity contribution in [2.24, 2.45) is 0 Å². The summed E-state index contributed by atoms with van der Waals surface area (Å²) < 4.78 is 0. The molecule has 3 N–H and O–H groups in total. The van der Waals surface area contributed by atoms with Crippen molar-refractivity contribution in [3.05, 3.63) is 58.7 Å². The van der Waals surface area contributed by atoms with Crippen LogP contribution in [0.4, 0.5) is 5.69 Å². The van der Waals surface area contributed by atoms with Gasteiger partial charge >= 0.3 is 0 Å². The largest absolute Gasteiger partial charge is 0.508 e. The van der Waals surface area contributed by atoms with Gasteiger partial charge in [-0.15, -0.1) is 0 Å². The lowest BCUT2D eigenvalue weighted by Gasteiger charge is -2.33. The number of phenols is 1.